The zero-order chi connectivity index (χ0) is 27.6. The monoisotopic (exact) mass is 522 g/mol. The number of hydrogen-bond acceptors (Lipinski definition) is 2. The van der Waals surface area contributed by atoms with Gasteiger partial charge in [-0.3, -0.25) is 9.98 Å². The number of nitrogens with zero attached hydrogens (tertiary/aromatic N) is 4. The molecule has 0 atom stereocenters. The third-order valence-corrected chi connectivity index (χ3v) is 6.93. The zero-order valence-corrected chi connectivity index (χ0v) is 22.7. The minimum Gasteiger partial charge on any atom is -0.288 e. The molecule has 0 radical (unpaired) electrons. The molecule has 196 valence electrons. The lowest BCUT2D eigenvalue weighted by molar-refractivity contribution is -0.689. The molecule has 0 amide bonds. The SMILES string of the molecule is C=C/C1=C\C=N\Cc2ccc(cc2)C/N=C/C=C(\C=C)c2cc[n+](cc2)Cc2ccc(cc2)C[n+]2ccc1cc2. The van der Waals surface area contributed by atoms with Crippen LogP contribution in [0, 0.1) is 0 Å². The Morgan fingerprint density at radius 1 is 0.500 bits per heavy atom. The largest absolute Gasteiger partial charge is 0.288 e. The molecular formula is C36H34N4+2. The maximum Gasteiger partial charge on any atom is 0.173 e. The summed E-state index contributed by atoms with van der Waals surface area (Å²) in [7, 11) is 0. The molecule has 0 N–H and O–H groups in total. The van der Waals surface area contributed by atoms with Crippen molar-refractivity contribution in [2.24, 2.45) is 9.98 Å². The Hall–Kier alpha value is -4.96. The van der Waals surface area contributed by atoms with Crippen molar-refractivity contribution in [2.75, 3.05) is 0 Å². The van der Waals surface area contributed by atoms with Crippen LogP contribution in [0.4, 0.5) is 0 Å². The molecule has 0 fully saturated rings. The van der Waals surface area contributed by atoms with Crippen molar-refractivity contribution in [3.05, 3.63) is 168 Å². The fourth-order valence-corrected chi connectivity index (χ4v) is 4.58. The first-order chi connectivity index (χ1) is 19.7. The van der Waals surface area contributed by atoms with Crippen molar-refractivity contribution in [3.63, 3.8) is 0 Å². The highest BCUT2D eigenvalue weighted by Crippen LogP contribution is 2.15. The minimum atomic E-state index is 0.626. The lowest BCUT2D eigenvalue weighted by atomic mass is 10.1. The van der Waals surface area contributed by atoms with Crippen molar-refractivity contribution in [1.29, 1.82) is 0 Å². The highest BCUT2D eigenvalue weighted by atomic mass is 14.9. The molecule has 2 aromatic heterocycles. The average Bonchev–Trinajstić information content (AvgIpc) is 3.00. The standard InChI is InChI=1S/C36H34N4/c1-3-33-13-19-37-25-29-5-7-30(8-6-29)26-38-20-14-34(4-2)36-17-23-40(24-18-36)28-32-11-9-31(10-12-32)27-39-21-15-35(33)16-22-39/h3-24H,1-2,25-28H2/q+2/b33-13+,34-14+,37-19+,38-20+. The van der Waals surface area contributed by atoms with Crippen LogP contribution in [0.2, 0.25) is 0 Å². The highest BCUT2D eigenvalue weighted by Gasteiger charge is 2.08. The van der Waals surface area contributed by atoms with Gasteiger partial charge in [-0.15, -0.1) is 0 Å². The number of rotatable bonds is 2. The van der Waals surface area contributed by atoms with Gasteiger partial charge in [0.2, 0.25) is 0 Å². The Morgan fingerprint density at radius 2 is 0.850 bits per heavy atom. The summed E-state index contributed by atoms with van der Waals surface area (Å²) < 4.78 is 4.38. The van der Waals surface area contributed by atoms with Gasteiger partial charge in [0.25, 0.3) is 0 Å². The second kappa shape index (κ2) is 13.2. The van der Waals surface area contributed by atoms with Crippen LogP contribution in [0.15, 0.2) is 145 Å². The second-order valence-electron chi connectivity index (χ2n) is 9.78. The molecule has 4 aromatic rings. The summed E-state index contributed by atoms with van der Waals surface area (Å²) in [6, 6.07) is 25.8. The molecule has 4 nitrogen and oxygen atoms in total. The van der Waals surface area contributed by atoms with E-state index in [0.29, 0.717) is 13.1 Å². The van der Waals surface area contributed by atoms with E-state index >= 15 is 0 Å². The van der Waals surface area contributed by atoms with E-state index in [4.69, 9.17) is 0 Å². The quantitative estimate of drug-likeness (QED) is 0.275. The molecule has 0 aliphatic carbocycles. The van der Waals surface area contributed by atoms with Crippen LogP contribution in [0.1, 0.15) is 33.4 Å². The van der Waals surface area contributed by atoms with Crippen molar-refractivity contribution in [1.82, 2.24) is 0 Å². The van der Waals surface area contributed by atoms with Crippen LogP contribution in [0.5, 0.6) is 0 Å². The Kier molecular flexibility index (Phi) is 8.80. The summed E-state index contributed by atoms with van der Waals surface area (Å²) >= 11 is 0. The van der Waals surface area contributed by atoms with E-state index in [-0.39, 0.29) is 0 Å². The van der Waals surface area contributed by atoms with Gasteiger partial charge in [-0.05, 0) is 45.6 Å². The maximum atomic E-state index is 4.60. The van der Waals surface area contributed by atoms with Gasteiger partial charge >= 0.3 is 0 Å². The molecule has 8 heterocycles. The van der Waals surface area contributed by atoms with Gasteiger partial charge in [-0.1, -0.05) is 73.8 Å². The molecule has 0 saturated carbocycles. The number of aromatic nitrogens is 2. The Bertz CT molecular complexity index is 1450. The number of pyridine rings is 2. The first-order valence-electron chi connectivity index (χ1n) is 13.5. The van der Waals surface area contributed by atoms with E-state index in [1.807, 2.05) is 36.7 Å². The molecule has 10 rings (SSSR count). The van der Waals surface area contributed by atoms with Gasteiger partial charge in [-0.25, -0.2) is 9.13 Å². The second-order valence-corrected chi connectivity index (χ2v) is 9.78. The van der Waals surface area contributed by atoms with Crippen molar-refractivity contribution < 1.29 is 9.13 Å². The van der Waals surface area contributed by atoms with Crippen LogP contribution in [-0.4, -0.2) is 12.4 Å². The number of aliphatic imine (C=N–C) groups is 2. The van der Waals surface area contributed by atoms with Crippen LogP contribution in [0.25, 0.3) is 11.1 Å². The van der Waals surface area contributed by atoms with E-state index in [1.54, 1.807) is 0 Å². The van der Waals surface area contributed by atoms with Crippen molar-refractivity contribution in [2.45, 2.75) is 26.2 Å². The molecule has 8 bridgehead atoms. The molecule has 4 heteroatoms. The predicted molar refractivity (Wildman–Crippen MR) is 165 cm³/mol. The summed E-state index contributed by atoms with van der Waals surface area (Å²) in [6.45, 7) is 10.9. The van der Waals surface area contributed by atoms with Crippen LogP contribution >= 0.6 is 0 Å². The summed E-state index contributed by atoms with van der Waals surface area (Å²) in [5, 5.41) is 0. The van der Waals surface area contributed by atoms with E-state index in [1.165, 1.54) is 11.1 Å². The van der Waals surface area contributed by atoms with E-state index in [0.717, 1.165) is 46.5 Å². The number of benzene rings is 2. The normalized spacial score (nSPS) is 18.1. The Balaban J connectivity index is 1.42. The van der Waals surface area contributed by atoms with Gasteiger partial charge in [0.15, 0.2) is 37.9 Å². The van der Waals surface area contributed by atoms with Crippen molar-refractivity contribution in [3.8, 4) is 0 Å². The topological polar surface area (TPSA) is 32.5 Å². The summed E-state index contributed by atoms with van der Waals surface area (Å²) in [4.78, 5) is 9.20. The molecule has 0 unspecified atom stereocenters. The minimum absolute atomic E-state index is 0.626. The fourth-order valence-electron chi connectivity index (χ4n) is 4.58. The third-order valence-electron chi connectivity index (χ3n) is 6.93. The smallest absolute Gasteiger partial charge is 0.173 e. The number of allylic oxidation sites excluding steroid dienone is 6. The molecule has 0 saturated heterocycles. The molecule has 0 spiro atoms. The molecule has 2 aromatic carbocycles. The molecular weight excluding hydrogens is 488 g/mol. The van der Waals surface area contributed by atoms with Crippen LogP contribution in [0.3, 0.4) is 0 Å². The van der Waals surface area contributed by atoms with Gasteiger partial charge in [0.05, 0.1) is 13.1 Å². The lowest BCUT2D eigenvalue weighted by Gasteiger charge is -2.04. The molecule has 6 aliphatic heterocycles. The third kappa shape index (κ3) is 7.12. The highest BCUT2D eigenvalue weighted by molar-refractivity contribution is 5.88. The first-order valence-corrected chi connectivity index (χ1v) is 13.5. The number of fused-ring (bicyclic) bond motifs is 2. The van der Waals surface area contributed by atoms with E-state index in [2.05, 4.69) is 130 Å². The molecule has 40 heavy (non-hydrogen) atoms. The summed E-state index contributed by atoms with van der Waals surface area (Å²) in [6.07, 6.45) is 19.9. The van der Waals surface area contributed by atoms with Crippen molar-refractivity contribution >= 4 is 23.6 Å². The zero-order valence-electron chi connectivity index (χ0n) is 22.7. The van der Waals surface area contributed by atoms with E-state index in [9.17, 15) is 0 Å². The van der Waals surface area contributed by atoms with Gasteiger partial charge in [0.1, 0.15) is 0 Å². The van der Waals surface area contributed by atoms with Gasteiger partial charge in [0, 0.05) is 47.8 Å². The van der Waals surface area contributed by atoms with Gasteiger partial charge < -0.3 is 0 Å². The van der Waals surface area contributed by atoms with Crippen LogP contribution in [-0.2, 0) is 26.2 Å². The summed E-state index contributed by atoms with van der Waals surface area (Å²) in [5.41, 5.74) is 9.16. The predicted octanol–water partition coefficient (Wildman–Crippen LogP) is 6.35. The van der Waals surface area contributed by atoms with E-state index < -0.39 is 0 Å². The average molecular weight is 523 g/mol. The van der Waals surface area contributed by atoms with Gasteiger partial charge in [-0.2, -0.15) is 0 Å². The Morgan fingerprint density at radius 3 is 1.20 bits per heavy atom. The lowest BCUT2D eigenvalue weighted by Crippen LogP contribution is -2.34. The molecule has 6 aliphatic rings. The number of hydrogen-bond donors (Lipinski definition) is 0. The summed E-state index contributed by atoms with van der Waals surface area (Å²) in [5.74, 6) is 0. The van der Waals surface area contributed by atoms with Crippen LogP contribution < -0.4 is 9.13 Å². The fraction of sp³-hybridized carbons (Fsp3) is 0.111. The first kappa shape index (κ1) is 26.6. The Labute approximate surface area is 237 Å². The maximum absolute atomic E-state index is 4.60.